The number of hydrogen-bond donors (Lipinski definition) is 2. The topological polar surface area (TPSA) is 72.5 Å². The Labute approximate surface area is 118 Å². The maximum Gasteiger partial charge on any atom is 0.323 e. The first-order valence-corrected chi connectivity index (χ1v) is 6.64. The normalized spacial score (nSPS) is 12.6. The van der Waals surface area contributed by atoms with E-state index in [-0.39, 0.29) is 11.9 Å². The van der Waals surface area contributed by atoms with Gasteiger partial charge < -0.3 is 15.6 Å². The van der Waals surface area contributed by atoms with Gasteiger partial charge in [-0.3, -0.25) is 4.79 Å². The van der Waals surface area contributed by atoms with E-state index in [1.54, 1.807) is 26.0 Å². The Morgan fingerprint density at radius 1 is 1.25 bits per heavy atom. The molecule has 0 aliphatic heterocycles. The number of phenolic OH excluding ortho intramolecular Hbond substituents is 1. The zero-order chi connectivity index (χ0) is 14.7. The number of carbonyl (C=O) groups is 1. The second kappa shape index (κ2) is 5.92. The van der Waals surface area contributed by atoms with E-state index in [0.717, 1.165) is 16.3 Å². The molecule has 4 heteroatoms. The summed E-state index contributed by atoms with van der Waals surface area (Å²) in [6.07, 6.45) is 0.148. The SMILES string of the molecule is CC(C)OC(=O)C(N)Cc1cccc2cccc(O)c12. The molecule has 0 aromatic heterocycles. The molecule has 0 amide bonds. The zero-order valence-electron chi connectivity index (χ0n) is 11.7. The minimum Gasteiger partial charge on any atom is -0.507 e. The number of phenols is 1. The summed E-state index contributed by atoms with van der Waals surface area (Å²) in [5.74, 6) is -0.227. The molecule has 0 radical (unpaired) electrons. The molecule has 0 saturated carbocycles. The van der Waals surface area contributed by atoms with Crippen molar-refractivity contribution in [3.8, 4) is 5.75 Å². The van der Waals surface area contributed by atoms with Gasteiger partial charge in [0.1, 0.15) is 11.8 Å². The summed E-state index contributed by atoms with van der Waals surface area (Å²) in [6, 6.07) is 10.3. The van der Waals surface area contributed by atoms with E-state index >= 15 is 0 Å². The molecule has 1 atom stereocenters. The molecule has 0 aliphatic carbocycles. The van der Waals surface area contributed by atoms with Gasteiger partial charge in [0.25, 0.3) is 0 Å². The van der Waals surface area contributed by atoms with Gasteiger partial charge in [-0.2, -0.15) is 0 Å². The molecule has 20 heavy (non-hydrogen) atoms. The quantitative estimate of drug-likeness (QED) is 0.839. The van der Waals surface area contributed by atoms with Gasteiger partial charge in [-0.15, -0.1) is 0 Å². The summed E-state index contributed by atoms with van der Waals surface area (Å²) in [4.78, 5) is 11.8. The maximum absolute atomic E-state index is 11.8. The molecule has 0 spiro atoms. The lowest BCUT2D eigenvalue weighted by Crippen LogP contribution is -2.35. The van der Waals surface area contributed by atoms with E-state index in [1.165, 1.54) is 0 Å². The van der Waals surface area contributed by atoms with Crippen molar-refractivity contribution in [2.24, 2.45) is 5.73 Å². The van der Waals surface area contributed by atoms with Crippen LogP contribution >= 0.6 is 0 Å². The lowest BCUT2D eigenvalue weighted by atomic mass is 9.98. The molecule has 2 rings (SSSR count). The van der Waals surface area contributed by atoms with Crippen LogP contribution in [0.15, 0.2) is 36.4 Å². The summed E-state index contributed by atoms with van der Waals surface area (Å²) < 4.78 is 5.10. The van der Waals surface area contributed by atoms with Gasteiger partial charge >= 0.3 is 5.97 Å². The number of benzene rings is 2. The van der Waals surface area contributed by atoms with Crippen LogP contribution < -0.4 is 5.73 Å². The van der Waals surface area contributed by atoms with Crippen LogP contribution in [0.1, 0.15) is 19.4 Å². The fourth-order valence-corrected chi connectivity index (χ4v) is 2.21. The molecule has 3 N–H and O–H groups in total. The fourth-order valence-electron chi connectivity index (χ4n) is 2.21. The van der Waals surface area contributed by atoms with Crippen molar-refractivity contribution in [2.75, 3.05) is 0 Å². The highest BCUT2D eigenvalue weighted by Crippen LogP contribution is 2.28. The number of fused-ring (bicyclic) bond motifs is 1. The molecular weight excluding hydrogens is 254 g/mol. The highest BCUT2D eigenvalue weighted by Gasteiger charge is 2.18. The summed E-state index contributed by atoms with van der Waals surface area (Å²) in [7, 11) is 0. The number of rotatable bonds is 4. The Morgan fingerprint density at radius 3 is 2.55 bits per heavy atom. The lowest BCUT2D eigenvalue weighted by molar-refractivity contribution is -0.148. The Bertz CT molecular complexity index is 617. The number of nitrogens with two attached hydrogens (primary N) is 1. The predicted octanol–water partition coefficient (Wildman–Crippen LogP) is 2.37. The molecule has 106 valence electrons. The first kappa shape index (κ1) is 14.3. The van der Waals surface area contributed by atoms with Gasteiger partial charge in [-0.25, -0.2) is 0 Å². The Balaban J connectivity index is 2.28. The van der Waals surface area contributed by atoms with Gasteiger partial charge in [-0.05, 0) is 37.3 Å². The molecule has 0 saturated heterocycles. The molecule has 0 bridgehead atoms. The van der Waals surface area contributed by atoms with Crippen LogP contribution in [-0.2, 0) is 16.0 Å². The lowest BCUT2D eigenvalue weighted by Gasteiger charge is -2.15. The van der Waals surface area contributed by atoms with Crippen LogP contribution in [0, 0.1) is 0 Å². The first-order chi connectivity index (χ1) is 9.49. The van der Waals surface area contributed by atoms with Gasteiger partial charge in [0.15, 0.2) is 0 Å². The smallest absolute Gasteiger partial charge is 0.323 e. The highest BCUT2D eigenvalue weighted by atomic mass is 16.5. The van der Waals surface area contributed by atoms with Crippen molar-refractivity contribution in [1.82, 2.24) is 0 Å². The second-order valence-electron chi connectivity index (χ2n) is 5.09. The van der Waals surface area contributed by atoms with Crippen molar-refractivity contribution < 1.29 is 14.6 Å². The Hall–Kier alpha value is -2.07. The minimum absolute atomic E-state index is 0.186. The van der Waals surface area contributed by atoms with Crippen LogP contribution in [0.2, 0.25) is 0 Å². The second-order valence-corrected chi connectivity index (χ2v) is 5.09. The molecule has 0 fully saturated rings. The van der Waals surface area contributed by atoms with Crippen molar-refractivity contribution in [1.29, 1.82) is 0 Å². The minimum atomic E-state index is -0.734. The van der Waals surface area contributed by atoms with E-state index < -0.39 is 12.0 Å². The molecule has 2 aromatic rings. The molecule has 4 nitrogen and oxygen atoms in total. The van der Waals surface area contributed by atoms with E-state index in [1.807, 2.05) is 24.3 Å². The number of aromatic hydroxyl groups is 1. The summed E-state index contributed by atoms with van der Waals surface area (Å²) in [5.41, 5.74) is 6.72. The average Bonchev–Trinajstić information content (AvgIpc) is 2.38. The highest BCUT2D eigenvalue weighted by molar-refractivity contribution is 5.91. The first-order valence-electron chi connectivity index (χ1n) is 6.64. The van der Waals surface area contributed by atoms with Crippen molar-refractivity contribution in [3.63, 3.8) is 0 Å². The fraction of sp³-hybridized carbons (Fsp3) is 0.312. The van der Waals surface area contributed by atoms with Crippen molar-refractivity contribution in [3.05, 3.63) is 42.0 Å². The number of hydrogen-bond acceptors (Lipinski definition) is 4. The van der Waals surface area contributed by atoms with Gasteiger partial charge in [0.2, 0.25) is 0 Å². The Morgan fingerprint density at radius 2 is 1.90 bits per heavy atom. The van der Waals surface area contributed by atoms with E-state index in [2.05, 4.69) is 0 Å². The number of ether oxygens (including phenoxy) is 1. The summed E-state index contributed by atoms with van der Waals surface area (Å²) in [5, 5.41) is 11.7. The van der Waals surface area contributed by atoms with Crippen molar-refractivity contribution >= 4 is 16.7 Å². The zero-order valence-corrected chi connectivity index (χ0v) is 11.7. The average molecular weight is 273 g/mol. The molecule has 1 unspecified atom stereocenters. The summed E-state index contributed by atoms with van der Waals surface area (Å²) in [6.45, 7) is 3.57. The van der Waals surface area contributed by atoms with Gasteiger partial charge in [0, 0.05) is 5.39 Å². The van der Waals surface area contributed by atoms with Gasteiger partial charge in [0.05, 0.1) is 6.10 Å². The molecule has 0 aliphatic rings. The maximum atomic E-state index is 11.8. The Kier molecular flexibility index (Phi) is 4.25. The van der Waals surface area contributed by atoms with Crippen molar-refractivity contribution in [2.45, 2.75) is 32.4 Å². The number of esters is 1. The predicted molar refractivity (Wildman–Crippen MR) is 78.5 cm³/mol. The standard InChI is InChI=1S/C16H19NO3/c1-10(2)20-16(19)13(17)9-12-7-3-5-11-6-4-8-14(18)15(11)12/h3-8,10,13,18H,9,17H2,1-2H3. The van der Waals surface area contributed by atoms with E-state index in [0.29, 0.717) is 6.42 Å². The van der Waals surface area contributed by atoms with Crippen LogP contribution in [-0.4, -0.2) is 23.2 Å². The molecule has 2 aromatic carbocycles. The third-order valence-corrected chi connectivity index (χ3v) is 3.06. The van der Waals surface area contributed by atoms with Crippen LogP contribution in [0.3, 0.4) is 0 Å². The number of carbonyl (C=O) groups excluding carboxylic acids is 1. The van der Waals surface area contributed by atoms with E-state index in [9.17, 15) is 9.90 Å². The third kappa shape index (κ3) is 3.08. The van der Waals surface area contributed by atoms with Crippen LogP contribution in [0.25, 0.3) is 10.8 Å². The monoisotopic (exact) mass is 273 g/mol. The largest absolute Gasteiger partial charge is 0.507 e. The molecule has 0 heterocycles. The third-order valence-electron chi connectivity index (χ3n) is 3.06. The van der Waals surface area contributed by atoms with Gasteiger partial charge in [-0.1, -0.05) is 30.3 Å². The summed E-state index contributed by atoms with van der Waals surface area (Å²) >= 11 is 0. The van der Waals surface area contributed by atoms with Crippen LogP contribution in [0.4, 0.5) is 0 Å². The van der Waals surface area contributed by atoms with E-state index in [4.69, 9.17) is 10.5 Å². The molecular formula is C16H19NO3. The van der Waals surface area contributed by atoms with Crippen LogP contribution in [0.5, 0.6) is 5.75 Å².